The first kappa shape index (κ1) is 16.4. The van der Waals surface area contributed by atoms with Crippen molar-refractivity contribution in [1.29, 1.82) is 0 Å². The molecule has 0 radical (unpaired) electrons. The SMILES string of the molecule is CC(=O)c1ccccc1NC(=O)CNc1ccccc1-n1cccn1. The highest BCUT2D eigenvalue weighted by molar-refractivity contribution is 6.04. The molecule has 6 heteroatoms. The molecule has 0 aliphatic rings. The van der Waals surface area contributed by atoms with Gasteiger partial charge in [-0.15, -0.1) is 0 Å². The van der Waals surface area contributed by atoms with E-state index in [-0.39, 0.29) is 18.2 Å². The van der Waals surface area contributed by atoms with Crippen LogP contribution in [-0.4, -0.2) is 28.0 Å². The first-order chi connectivity index (χ1) is 12.1. The Morgan fingerprint density at radius 1 is 1.00 bits per heavy atom. The summed E-state index contributed by atoms with van der Waals surface area (Å²) < 4.78 is 1.73. The van der Waals surface area contributed by atoms with Crippen molar-refractivity contribution in [2.45, 2.75) is 6.92 Å². The standard InChI is InChI=1S/C19H18N4O2/c1-14(24)15-7-2-3-8-16(15)22-19(25)13-20-17-9-4-5-10-18(17)23-12-6-11-21-23/h2-12,20H,13H2,1H3,(H,22,25). The number of para-hydroxylation sites is 3. The number of hydrogen-bond donors (Lipinski definition) is 2. The highest BCUT2D eigenvalue weighted by Crippen LogP contribution is 2.19. The summed E-state index contributed by atoms with van der Waals surface area (Å²) in [7, 11) is 0. The van der Waals surface area contributed by atoms with Crippen LogP contribution < -0.4 is 10.6 Å². The summed E-state index contributed by atoms with van der Waals surface area (Å²) in [5, 5.41) is 10.1. The van der Waals surface area contributed by atoms with Crippen LogP contribution in [0.3, 0.4) is 0 Å². The number of rotatable bonds is 6. The zero-order chi connectivity index (χ0) is 17.6. The number of benzene rings is 2. The highest BCUT2D eigenvalue weighted by Gasteiger charge is 2.10. The minimum atomic E-state index is -0.232. The molecule has 1 aromatic heterocycles. The van der Waals surface area contributed by atoms with Crippen LogP contribution in [-0.2, 0) is 4.79 Å². The molecular formula is C19H18N4O2. The lowest BCUT2D eigenvalue weighted by atomic mass is 10.1. The van der Waals surface area contributed by atoms with Gasteiger partial charge in [-0.25, -0.2) is 4.68 Å². The van der Waals surface area contributed by atoms with Gasteiger partial charge in [0.05, 0.1) is 23.6 Å². The summed E-state index contributed by atoms with van der Waals surface area (Å²) in [6.45, 7) is 1.55. The minimum Gasteiger partial charge on any atom is -0.374 e. The maximum Gasteiger partial charge on any atom is 0.243 e. The van der Waals surface area contributed by atoms with Crippen LogP contribution >= 0.6 is 0 Å². The molecule has 0 aliphatic heterocycles. The smallest absolute Gasteiger partial charge is 0.243 e. The molecule has 2 N–H and O–H groups in total. The minimum absolute atomic E-state index is 0.0739. The quantitative estimate of drug-likeness (QED) is 0.679. The monoisotopic (exact) mass is 334 g/mol. The van der Waals surface area contributed by atoms with E-state index in [0.717, 1.165) is 11.4 Å². The van der Waals surface area contributed by atoms with Crippen LogP contribution in [0.4, 0.5) is 11.4 Å². The van der Waals surface area contributed by atoms with Crippen molar-refractivity contribution < 1.29 is 9.59 Å². The lowest BCUT2D eigenvalue weighted by Crippen LogP contribution is -2.23. The van der Waals surface area contributed by atoms with Crippen molar-refractivity contribution >= 4 is 23.1 Å². The Morgan fingerprint density at radius 3 is 2.44 bits per heavy atom. The largest absolute Gasteiger partial charge is 0.374 e. The summed E-state index contributed by atoms with van der Waals surface area (Å²) >= 11 is 0. The van der Waals surface area contributed by atoms with Gasteiger partial charge in [-0.2, -0.15) is 5.10 Å². The van der Waals surface area contributed by atoms with Crippen LogP contribution in [0.2, 0.25) is 0 Å². The van der Waals surface area contributed by atoms with Gasteiger partial charge in [0.2, 0.25) is 5.91 Å². The van der Waals surface area contributed by atoms with Crippen LogP contribution in [0.1, 0.15) is 17.3 Å². The van der Waals surface area contributed by atoms with Crippen molar-refractivity contribution in [2.24, 2.45) is 0 Å². The molecule has 2 aromatic carbocycles. The van der Waals surface area contributed by atoms with Gasteiger partial charge in [0.25, 0.3) is 0 Å². The number of amides is 1. The first-order valence-electron chi connectivity index (χ1n) is 7.88. The van der Waals surface area contributed by atoms with Gasteiger partial charge >= 0.3 is 0 Å². The van der Waals surface area contributed by atoms with Gasteiger partial charge in [-0.05, 0) is 37.3 Å². The molecule has 0 aliphatic carbocycles. The van der Waals surface area contributed by atoms with E-state index in [1.807, 2.05) is 36.5 Å². The van der Waals surface area contributed by atoms with E-state index in [1.54, 1.807) is 35.1 Å². The topological polar surface area (TPSA) is 76.0 Å². The van der Waals surface area contributed by atoms with Gasteiger partial charge in [0, 0.05) is 18.0 Å². The summed E-state index contributed by atoms with van der Waals surface area (Å²) in [5.74, 6) is -0.322. The molecule has 0 spiro atoms. The second-order valence-electron chi connectivity index (χ2n) is 5.47. The molecule has 3 aromatic rings. The predicted molar refractivity (Wildman–Crippen MR) is 97.1 cm³/mol. The predicted octanol–water partition coefficient (Wildman–Crippen LogP) is 3.13. The van der Waals surface area contributed by atoms with Crippen LogP contribution in [0.25, 0.3) is 5.69 Å². The number of Topliss-reactive ketones (excluding diaryl/α,β-unsaturated/α-hetero) is 1. The molecule has 126 valence electrons. The fraction of sp³-hybridized carbons (Fsp3) is 0.105. The number of anilines is 2. The molecule has 0 bridgehead atoms. The van der Waals surface area contributed by atoms with Gasteiger partial charge in [-0.3, -0.25) is 9.59 Å². The maximum absolute atomic E-state index is 12.3. The number of ketones is 1. The Balaban J connectivity index is 1.69. The fourth-order valence-electron chi connectivity index (χ4n) is 2.50. The van der Waals surface area contributed by atoms with Gasteiger partial charge in [-0.1, -0.05) is 24.3 Å². The van der Waals surface area contributed by atoms with Crippen molar-refractivity contribution in [3.05, 3.63) is 72.6 Å². The number of carbonyl (C=O) groups excluding carboxylic acids is 2. The van der Waals surface area contributed by atoms with Gasteiger partial charge in [0.15, 0.2) is 5.78 Å². The van der Waals surface area contributed by atoms with Crippen LogP contribution in [0, 0.1) is 0 Å². The Hall–Kier alpha value is -3.41. The lowest BCUT2D eigenvalue weighted by Gasteiger charge is -2.13. The maximum atomic E-state index is 12.3. The molecule has 25 heavy (non-hydrogen) atoms. The van der Waals surface area contributed by atoms with Crippen molar-refractivity contribution in [2.75, 3.05) is 17.2 Å². The molecule has 3 rings (SSSR count). The molecule has 0 fully saturated rings. The molecule has 0 saturated carbocycles. The van der Waals surface area contributed by atoms with E-state index in [1.165, 1.54) is 6.92 Å². The number of nitrogens with zero attached hydrogens (tertiary/aromatic N) is 2. The Bertz CT molecular complexity index is 888. The Morgan fingerprint density at radius 2 is 1.72 bits per heavy atom. The van der Waals surface area contributed by atoms with Gasteiger partial charge in [0.1, 0.15) is 0 Å². The average molecular weight is 334 g/mol. The zero-order valence-corrected chi connectivity index (χ0v) is 13.8. The summed E-state index contributed by atoms with van der Waals surface area (Å²) in [5.41, 5.74) is 2.65. The Labute approximate surface area is 145 Å². The van der Waals surface area contributed by atoms with E-state index in [2.05, 4.69) is 15.7 Å². The van der Waals surface area contributed by atoms with Gasteiger partial charge < -0.3 is 10.6 Å². The summed E-state index contributed by atoms with van der Waals surface area (Å²) in [6.07, 6.45) is 3.53. The third kappa shape index (κ3) is 3.92. The second kappa shape index (κ2) is 7.44. The molecule has 1 heterocycles. The fourth-order valence-corrected chi connectivity index (χ4v) is 2.50. The molecule has 6 nitrogen and oxygen atoms in total. The normalized spacial score (nSPS) is 10.3. The molecule has 0 unspecified atom stereocenters. The van der Waals surface area contributed by atoms with E-state index in [0.29, 0.717) is 11.3 Å². The molecule has 0 saturated heterocycles. The number of aromatic nitrogens is 2. The number of hydrogen-bond acceptors (Lipinski definition) is 4. The van der Waals surface area contributed by atoms with Crippen molar-refractivity contribution in [1.82, 2.24) is 9.78 Å². The molecule has 0 atom stereocenters. The number of carbonyl (C=O) groups is 2. The van der Waals surface area contributed by atoms with Crippen molar-refractivity contribution in [3.63, 3.8) is 0 Å². The third-order valence-electron chi connectivity index (χ3n) is 3.68. The molecular weight excluding hydrogens is 316 g/mol. The van der Waals surface area contributed by atoms with E-state index in [4.69, 9.17) is 0 Å². The Kier molecular flexibility index (Phi) is 4.89. The molecule has 1 amide bonds. The summed E-state index contributed by atoms with van der Waals surface area (Å²) in [4.78, 5) is 23.9. The second-order valence-corrected chi connectivity index (χ2v) is 5.47. The van der Waals surface area contributed by atoms with E-state index >= 15 is 0 Å². The highest BCUT2D eigenvalue weighted by atomic mass is 16.2. The van der Waals surface area contributed by atoms with E-state index in [9.17, 15) is 9.59 Å². The lowest BCUT2D eigenvalue weighted by molar-refractivity contribution is -0.114. The van der Waals surface area contributed by atoms with Crippen LogP contribution in [0.15, 0.2) is 67.0 Å². The third-order valence-corrected chi connectivity index (χ3v) is 3.68. The van der Waals surface area contributed by atoms with Crippen molar-refractivity contribution in [3.8, 4) is 5.69 Å². The first-order valence-corrected chi connectivity index (χ1v) is 7.88. The van der Waals surface area contributed by atoms with E-state index < -0.39 is 0 Å². The van der Waals surface area contributed by atoms with Crippen LogP contribution in [0.5, 0.6) is 0 Å². The zero-order valence-electron chi connectivity index (χ0n) is 13.8. The summed E-state index contributed by atoms with van der Waals surface area (Å²) in [6, 6.07) is 16.4. The average Bonchev–Trinajstić information content (AvgIpc) is 3.15. The number of nitrogens with one attached hydrogen (secondary N) is 2.